The number of aromatic carboxylic acids is 1. The van der Waals surface area contributed by atoms with E-state index in [1.54, 1.807) is 5.38 Å². The summed E-state index contributed by atoms with van der Waals surface area (Å²) in [6.07, 6.45) is 2.06. The molecule has 0 bridgehead atoms. The molecule has 1 unspecified atom stereocenters. The van der Waals surface area contributed by atoms with E-state index in [0.717, 1.165) is 19.4 Å². The molecule has 2 heterocycles. The smallest absolute Gasteiger partial charge is 0.338 e. The summed E-state index contributed by atoms with van der Waals surface area (Å²) in [6.45, 7) is 2.00. The Labute approximate surface area is 114 Å². The minimum Gasteiger partial charge on any atom is -0.478 e. The van der Waals surface area contributed by atoms with Crippen LogP contribution in [0.5, 0.6) is 0 Å². The van der Waals surface area contributed by atoms with Gasteiger partial charge >= 0.3 is 12.0 Å². The van der Waals surface area contributed by atoms with Gasteiger partial charge in [0.15, 0.2) is 0 Å². The predicted octanol–water partition coefficient (Wildman–Crippen LogP) is 1.99. The topological polar surface area (TPSA) is 87.7 Å². The minimum absolute atomic E-state index is 0.112. The molecule has 104 valence electrons. The Bertz CT molecular complexity index is 454. The van der Waals surface area contributed by atoms with Crippen molar-refractivity contribution >= 4 is 28.3 Å². The van der Waals surface area contributed by atoms with Gasteiger partial charge in [0.1, 0.15) is 5.00 Å². The molecule has 1 aliphatic heterocycles. The van der Waals surface area contributed by atoms with Gasteiger partial charge in [0.2, 0.25) is 0 Å². The van der Waals surface area contributed by atoms with Crippen molar-refractivity contribution in [1.29, 1.82) is 0 Å². The molecule has 3 N–H and O–H groups in total. The second kappa shape index (κ2) is 6.53. The van der Waals surface area contributed by atoms with Gasteiger partial charge in [-0.1, -0.05) is 0 Å². The maximum Gasteiger partial charge on any atom is 0.338 e. The van der Waals surface area contributed by atoms with Gasteiger partial charge in [-0.25, -0.2) is 9.59 Å². The molecule has 1 aromatic heterocycles. The van der Waals surface area contributed by atoms with E-state index in [4.69, 9.17) is 9.84 Å². The summed E-state index contributed by atoms with van der Waals surface area (Å²) in [5.41, 5.74) is 0.112. The van der Waals surface area contributed by atoms with E-state index in [1.807, 2.05) is 0 Å². The van der Waals surface area contributed by atoms with Crippen molar-refractivity contribution in [2.24, 2.45) is 5.92 Å². The van der Waals surface area contributed by atoms with Gasteiger partial charge in [0.05, 0.1) is 12.2 Å². The molecule has 0 aromatic carbocycles. The van der Waals surface area contributed by atoms with Crippen LogP contribution in [0.4, 0.5) is 9.80 Å². The molecule has 0 aliphatic carbocycles. The number of thiophene rings is 1. The normalized spacial score (nSPS) is 18.8. The van der Waals surface area contributed by atoms with Gasteiger partial charge in [-0.05, 0) is 30.2 Å². The highest BCUT2D eigenvalue weighted by Crippen LogP contribution is 2.22. The maximum atomic E-state index is 11.7. The van der Waals surface area contributed by atoms with Crippen molar-refractivity contribution in [2.45, 2.75) is 12.8 Å². The summed E-state index contributed by atoms with van der Waals surface area (Å²) < 4.78 is 5.32. The third-order valence-electron chi connectivity index (χ3n) is 2.93. The summed E-state index contributed by atoms with van der Waals surface area (Å²) in [7, 11) is 0. The number of rotatable bonds is 4. The number of amides is 2. The third-order valence-corrected chi connectivity index (χ3v) is 3.76. The maximum absolute atomic E-state index is 11.7. The highest BCUT2D eigenvalue weighted by atomic mass is 32.1. The lowest BCUT2D eigenvalue weighted by atomic mass is 10.0. The van der Waals surface area contributed by atoms with Gasteiger partial charge in [0, 0.05) is 13.2 Å². The third kappa shape index (κ3) is 3.93. The molecule has 7 heteroatoms. The van der Waals surface area contributed by atoms with Crippen molar-refractivity contribution < 1.29 is 19.4 Å². The fourth-order valence-electron chi connectivity index (χ4n) is 1.93. The molecular weight excluding hydrogens is 268 g/mol. The van der Waals surface area contributed by atoms with Gasteiger partial charge < -0.3 is 15.2 Å². The Hall–Kier alpha value is -1.60. The van der Waals surface area contributed by atoms with Gasteiger partial charge in [-0.2, -0.15) is 0 Å². The average molecular weight is 284 g/mol. The molecule has 0 spiro atoms. The van der Waals surface area contributed by atoms with E-state index in [1.165, 1.54) is 17.4 Å². The van der Waals surface area contributed by atoms with Crippen LogP contribution in [0.15, 0.2) is 11.4 Å². The first kappa shape index (κ1) is 13.8. The van der Waals surface area contributed by atoms with Gasteiger partial charge in [-0.3, -0.25) is 5.32 Å². The number of carboxylic acids is 1. The van der Waals surface area contributed by atoms with E-state index in [0.29, 0.717) is 24.1 Å². The zero-order chi connectivity index (χ0) is 13.7. The van der Waals surface area contributed by atoms with Crippen molar-refractivity contribution in [3.63, 3.8) is 0 Å². The van der Waals surface area contributed by atoms with Crippen LogP contribution < -0.4 is 10.6 Å². The average Bonchev–Trinajstić information content (AvgIpc) is 2.86. The number of anilines is 1. The fraction of sp³-hybridized carbons (Fsp3) is 0.500. The number of carbonyl (C=O) groups excluding carboxylic acids is 1. The number of carbonyl (C=O) groups is 2. The second-order valence-electron chi connectivity index (χ2n) is 4.39. The lowest BCUT2D eigenvalue weighted by Crippen LogP contribution is -2.35. The Balaban J connectivity index is 1.80. The molecule has 1 aliphatic rings. The molecule has 1 aromatic rings. The summed E-state index contributed by atoms with van der Waals surface area (Å²) in [4.78, 5) is 22.6. The number of carboxylic acid groups (broad SMARTS) is 1. The molecule has 1 fully saturated rings. The molecule has 1 saturated heterocycles. The van der Waals surface area contributed by atoms with Crippen LogP contribution in [0.2, 0.25) is 0 Å². The molecule has 1 atom stereocenters. The zero-order valence-electron chi connectivity index (χ0n) is 10.3. The van der Waals surface area contributed by atoms with Crippen molar-refractivity contribution in [1.82, 2.24) is 5.32 Å². The van der Waals surface area contributed by atoms with Crippen molar-refractivity contribution in [2.75, 3.05) is 25.1 Å². The number of hydrogen-bond acceptors (Lipinski definition) is 4. The quantitative estimate of drug-likeness (QED) is 0.789. The number of hydrogen-bond donors (Lipinski definition) is 3. The van der Waals surface area contributed by atoms with Crippen LogP contribution in [0.25, 0.3) is 0 Å². The predicted molar refractivity (Wildman–Crippen MR) is 71.8 cm³/mol. The first-order valence-electron chi connectivity index (χ1n) is 6.10. The monoisotopic (exact) mass is 284 g/mol. The largest absolute Gasteiger partial charge is 0.478 e. The van der Waals surface area contributed by atoms with Gasteiger partial charge in [0.25, 0.3) is 0 Å². The van der Waals surface area contributed by atoms with Crippen LogP contribution in [0, 0.1) is 5.92 Å². The minimum atomic E-state index is -1.04. The number of urea groups is 1. The van der Waals surface area contributed by atoms with Crippen LogP contribution in [0.1, 0.15) is 23.2 Å². The molecule has 19 heavy (non-hydrogen) atoms. The lowest BCUT2D eigenvalue weighted by Gasteiger charge is -2.22. The first-order valence-corrected chi connectivity index (χ1v) is 6.98. The van der Waals surface area contributed by atoms with Crippen LogP contribution >= 0.6 is 11.3 Å². The fourth-order valence-corrected chi connectivity index (χ4v) is 2.70. The first-order chi connectivity index (χ1) is 9.16. The van der Waals surface area contributed by atoms with Crippen LogP contribution in [0.3, 0.4) is 0 Å². The van der Waals surface area contributed by atoms with E-state index >= 15 is 0 Å². The Kier molecular flexibility index (Phi) is 4.75. The Morgan fingerprint density at radius 3 is 3.05 bits per heavy atom. The van der Waals surface area contributed by atoms with E-state index < -0.39 is 5.97 Å². The van der Waals surface area contributed by atoms with Crippen LogP contribution in [-0.4, -0.2) is 36.9 Å². The molecule has 0 radical (unpaired) electrons. The van der Waals surface area contributed by atoms with Crippen molar-refractivity contribution in [3.05, 3.63) is 17.0 Å². The van der Waals surface area contributed by atoms with E-state index in [2.05, 4.69) is 10.6 Å². The lowest BCUT2D eigenvalue weighted by molar-refractivity contribution is 0.0559. The standard InChI is InChI=1S/C12H16N2O4S/c15-11(16)9-3-5-19-10(9)14-12(17)13-6-8-2-1-4-18-7-8/h3,5,8H,1-2,4,6-7H2,(H,15,16)(H2,13,14,17). The highest BCUT2D eigenvalue weighted by molar-refractivity contribution is 7.14. The summed E-state index contributed by atoms with van der Waals surface area (Å²) in [5.74, 6) is -0.709. The van der Waals surface area contributed by atoms with E-state index in [-0.39, 0.29) is 11.6 Å². The van der Waals surface area contributed by atoms with E-state index in [9.17, 15) is 9.59 Å². The molecule has 2 amide bonds. The summed E-state index contributed by atoms with van der Waals surface area (Å²) >= 11 is 1.19. The van der Waals surface area contributed by atoms with Crippen LogP contribution in [-0.2, 0) is 4.74 Å². The molecule has 2 rings (SSSR count). The summed E-state index contributed by atoms with van der Waals surface area (Å²) in [5, 5.41) is 16.2. The van der Waals surface area contributed by atoms with Crippen molar-refractivity contribution in [3.8, 4) is 0 Å². The SMILES string of the molecule is O=C(NCC1CCCOC1)Nc1sccc1C(=O)O. The zero-order valence-corrected chi connectivity index (χ0v) is 11.2. The van der Waals surface area contributed by atoms with Gasteiger partial charge in [-0.15, -0.1) is 11.3 Å². The highest BCUT2D eigenvalue weighted by Gasteiger charge is 2.16. The number of ether oxygens (including phenoxy) is 1. The Morgan fingerprint density at radius 2 is 2.37 bits per heavy atom. The second-order valence-corrected chi connectivity index (χ2v) is 5.30. The Morgan fingerprint density at radius 1 is 1.53 bits per heavy atom. The molecular formula is C12H16N2O4S. The molecule has 6 nitrogen and oxygen atoms in total. The number of nitrogens with one attached hydrogen (secondary N) is 2. The molecule has 0 saturated carbocycles. The summed E-state index contributed by atoms with van der Waals surface area (Å²) in [6, 6.07) is 1.09.